The summed E-state index contributed by atoms with van der Waals surface area (Å²) in [5, 5.41) is 4.04. The molecule has 0 bridgehead atoms. The van der Waals surface area contributed by atoms with Gasteiger partial charge in [0.05, 0.1) is 13.7 Å². The van der Waals surface area contributed by atoms with Crippen LogP contribution in [0.25, 0.3) is 11.5 Å². The molecule has 6 heteroatoms. The second kappa shape index (κ2) is 6.27. The van der Waals surface area contributed by atoms with Crippen LogP contribution in [0, 0.1) is 6.92 Å². The van der Waals surface area contributed by atoms with Crippen LogP contribution in [-0.2, 0) is 16.1 Å². The van der Waals surface area contributed by atoms with Gasteiger partial charge in [0.25, 0.3) is 5.89 Å². The molecule has 1 aliphatic heterocycles. The Balaban J connectivity index is 1.75. The lowest BCUT2D eigenvalue weighted by atomic mass is 10.1. The lowest BCUT2D eigenvalue weighted by molar-refractivity contribution is -0.146. The molecular weight excluding hydrogens is 282 g/mol. The van der Waals surface area contributed by atoms with Crippen LogP contribution < -0.4 is 0 Å². The minimum absolute atomic E-state index is 0.194. The molecule has 0 aliphatic carbocycles. The van der Waals surface area contributed by atoms with Crippen molar-refractivity contribution in [3.63, 3.8) is 0 Å². The van der Waals surface area contributed by atoms with Gasteiger partial charge in [0.1, 0.15) is 6.04 Å². The maximum atomic E-state index is 11.8. The van der Waals surface area contributed by atoms with Crippen LogP contribution in [0.15, 0.2) is 28.8 Å². The Kier molecular flexibility index (Phi) is 4.20. The topological polar surface area (TPSA) is 68.5 Å². The summed E-state index contributed by atoms with van der Waals surface area (Å²) < 4.78 is 10.2. The SMILES string of the molecule is COC(=O)C1CCCN1Cc1noc(-c2ccccc2C)n1. The molecule has 1 fully saturated rings. The summed E-state index contributed by atoms with van der Waals surface area (Å²) in [6.45, 7) is 3.34. The molecule has 0 radical (unpaired) electrons. The molecule has 6 nitrogen and oxygen atoms in total. The van der Waals surface area contributed by atoms with Gasteiger partial charge in [0.15, 0.2) is 5.82 Å². The number of likely N-dealkylation sites (tertiary alicyclic amines) is 1. The van der Waals surface area contributed by atoms with Crippen LogP contribution in [0.4, 0.5) is 0 Å². The predicted molar refractivity (Wildman–Crippen MR) is 79.9 cm³/mol. The number of ether oxygens (including phenoxy) is 1. The molecule has 1 aliphatic rings. The first-order chi connectivity index (χ1) is 10.7. The Morgan fingerprint density at radius 3 is 3.05 bits per heavy atom. The van der Waals surface area contributed by atoms with E-state index in [1.165, 1.54) is 7.11 Å². The highest BCUT2D eigenvalue weighted by atomic mass is 16.5. The van der Waals surface area contributed by atoms with Crippen LogP contribution in [0.5, 0.6) is 0 Å². The number of benzene rings is 1. The van der Waals surface area contributed by atoms with E-state index in [1.807, 2.05) is 36.1 Å². The first-order valence-electron chi connectivity index (χ1n) is 7.39. The third-order valence-corrected chi connectivity index (χ3v) is 4.02. The van der Waals surface area contributed by atoms with Crippen LogP contribution in [-0.4, -0.2) is 40.7 Å². The maximum Gasteiger partial charge on any atom is 0.323 e. The zero-order chi connectivity index (χ0) is 15.5. The normalized spacial score (nSPS) is 18.5. The molecule has 0 spiro atoms. The van der Waals surface area contributed by atoms with Crippen molar-refractivity contribution < 1.29 is 14.1 Å². The standard InChI is InChI=1S/C16H19N3O3/c1-11-6-3-4-7-12(11)15-17-14(18-22-15)10-19-9-5-8-13(19)16(20)21-2/h3-4,6-7,13H,5,8-10H2,1-2H3. The number of carbonyl (C=O) groups is 1. The lowest BCUT2D eigenvalue weighted by Crippen LogP contribution is -2.36. The minimum Gasteiger partial charge on any atom is -0.468 e. The first kappa shape index (κ1) is 14.7. The van der Waals surface area contributed by atoms with Crippen molar-refractivity contribution in [2.45, 2.75) is 32.4 Å². The molecule has 1 aromatic carbocycles. The summed E-state index contributed by atoms with van der Waals surface area (Å²) in [5.41, 5.74) is 2.03. The van der Waals surface area contributed by atoms with Gasteiger partial charge in [-0.15, -0.1) is 0 Å². The summed E-state index contributed by atoms with van der Waals surface area (Å²) in [5.74, 6) is 0.913. The van der Waals surface area contributed by atoms with E-state index in [0.29, 0.717) is 18.3 Å². The van der Waals surface area contributed by atoms with Crippen molar-refractivity contribution >= 4 is 5.97 Å². The van der Waals surface area contributed by atoms with Crippen LogP contribution in [0.2, 0.25) is 0 Å². The zero-order valence-corrected chi connectivity index (χ0v) is 12.8. The van der Waals surface area contributed by atoms with E-state index >= 15 is 0 Å². The third-order valence-electron chi connectivity index (χ3n) is 4.02. The van der Waals surface area contributed by atoms with Gasteiger partial charge in [0.2, 0.25) is 0 Å². The van der Waals surface area contributed by atoms with E-state index < -0.39 is 0 Å². The van der Waals surface area contributed by atoms with Gasteiger partial charge in [-0.2, -0.15) is 4.98 Å². The molecule has 1 saturated heterocycles. The Bertz CT molecular complexity index is 668. The van der Waals surface area contributed by atoms with Crippen molar-refractivity contribution in [2.75, 3.05) is 13.7 Å². The zero-order valence-electron chi connectivity index (χ0n) is 12.8. The molecule has 22 heavy (non-hydrogen) atoms. The number of methoxy groups -OCH3 is 1. The van der Waals surface area contributed by atoms with Gasteiger partial charge in [-0.25, -0.2) is 0 Å². The Labute approximate surface area is 129 Å². The predicted octanol–water partition coefficient (Wildman–Crippen LogP) is 2.18. The van der Waals surface area contributed by atoms with E-state index in [1.54, 1.807) is 0 Å². The fourth-order valence-electron chi connectivity index (χ4n) is 2.84. The molecule has 0 N–H and O–H groups in total. The quantitative estimate of drug-likeness (QED) is 0.806. The van der Waals surface area contributed by atoms with Gasteiger partial charge in [-0.3, -0.25) is 9.69 Å². The van der Waals surface area contributed by atoms with Crippen molar-refractivity contribution in [2.24, 2.45) is 0 Å². The summed E-state index contributed by atoms with van der Waals surface area (Å²) in [6.07, 6.45) is 1.79. The van der Waals surface area contributed by atoms with Crippen molar-refractivity contribution in [1.29, 1.82) is 0 Å². The molecule has 0 amide bonds. The van der Waals surface area contributed by atoms with Crippen LogP contribution in [0.3, 0.4) is 0 Å². The average Bonchev–Trinajstić information content (AvgIpc) is 3.17. The lowest BCUT2D eigenvalue weighted by Gasteiger charge is -2.20. The van der Waals surface area contributed by atoms with E-state index in [0.717, 1.165) is 30.5 Å². The Morgan fingerprint density at radius 1 is 1.45 bits per heavy atom. The smallest absolute Gasteiger partial charge is 0.323 e. The Hall–Kier alpha value is -2.21. The summed E-state index contributed by atoms with van der Waals surface area (Å²) in [4.78, 5) is 18.3. The number of nitrogens with zero attached hydrogens (tertiary/aromatic N) is 3. The molecule has 1 aromatic heterocycles. The highest BCUT2D eigenvalue weighted by Crippen LogP contribution is 2.23. The molecule has 0 saturated carbocycles. The van der Waals surface area contributed by atoms with Crippen molar-refractivity contribution in [3.05, 3.63) is 35.7 Å². The average molecular weight is 301 g/mol. The van der Waals surface area contributed by atoms with Gasteiger partial charge in [0, 0.05) is 5.56 Å². The number of carbonyl (C=O) groups excluding carboxylic acids is 1. The van der Waals surface area contributed by atoms with E-state index in [4.69, 9.17) is 9.26 Å². The van der Waals surface area contributed by atoms with Gasteiger partial charge in [-0.05, 0) is 37.9 Å². The highest BCUT2D eigenvalue weighted by molar-refractivity contribution is 5.75. The molecule has 2 heterocycles. The number of rotatable bonds is 4. The van der Waals surface area contributed by atoms with Crippen molar-refractivity contribution in [3.8, 4) is 11.5 Å². The van der Waals surface area contributed by atoms with Crippen LogP contribution in [0.1, 0.15) is 24.2 Å². The summed E-state index contributed by atoms with van der Waals surface area (Å²) in [6, 6.07) is 7.68. The van der Waals surface area contributed by atoms with Crippen molar-refractivity contribution in [1.82, 2.24) is 15.0 Å². The number of hydrogen-bond acceptors (Lipinski definition) is 6. The molecule has 1 unspecified atom stereocenters. The monoisotopic (exact) mass is 301 g/mol. The highest BCUT2D eigenvalue weighted by Gasteiger charge is 2.32. The minimum atomic E-state index is -0.203. The maximum absolute atomic E-state index is 11.8. The fraction of sp³-hybridized carbons (Fsp3) is 0.438. The van der Waals surface area contributed by atoms with Gasteiger partial charge < -0.3 is 9.26 Å². The molecule has 1 atom stereocenters. The number of aryl methyl sites for hydroxylation is 1. The summed E-state index contributed by atoms with van der Waals surface area (Å²) >= 11 is 0. The van der Waals surface area contributed by atoms with Gasteiger partial charge >= 0.3 is 5.97 Å². The van der Waals surface area contributed by atoms with E-state index in [9.17, 15) is 4.79 Å². The number of hydrogen-bond donors (Lipinski definition) is 0. The molecule has 116 valence electrons. The number of esters is 1. The van der Waals surface area contributed by atoms with Crippen LogP contribution >= 0.6 is 0 Å². The molecule has 3 rings (SSSR count). The van der Waals surface area contributed by atoms with E-state index in [2.05, 4.69) is 10.1 Å². The Morgan fingerprint density at radius 2 is 2.27 bits per heavy atom. The molecule has 2 aromatic rings. The first-order valence-corrected chi connectivity index (χ1v) is 7.39. The molecular formula is C16H19N3O3. The van der Waals surface area contributed by atoms with E-state index in [-0.39, 0.29) is 12.0 Å². The fourth-order valence-corrected chi connectivity index (χ4v) is 2.84. The van der Waals surface area contributed by atoms with Gasteiger partial charge in [-0.1, -0.05) is 23.4 Å². The second-order valence-corrected chi connectivity index (χ2v) is 5.48. The number of aromatic nitrogens is 2. The summed E-state index contributed by atoms with van der Waals surface area (Å²) in [7, 11) is 1.42. The second-order valence-electron chi connectivity index (χ2n) is 5.48. The largest absolute Gasteiger partial charge is 0.468 e. The third kappa shape index (κ3) is 2.87.